The smallest absolute Gasteiger partial charge is 0.308 e. The van der Waals surface area contributed by atoms with Crippen molar-refractivity contribution in [2.75, 3.05) is 13.2 Å². The predicted molar refractivity (Wildman–Crippen MR) is 58.3 cm³/mol. The van der Waals surface area contributed by atoms with Gasteiger partial charge in [-0.3, -0.25) is 4.79 Å². The number of aliphatic hydroxyl groups is 1. The van der Waals surface area contributed by atoms with Crippen molar-refractivity contribution >= 4 is 5.97 Å². The van der Waals surface area contributed by atoms with E-state index in [0.29, 0.717) is 25.0 Å². The molecule has 0 aromatic carbocycles. The van der Waals surface area contributed by atoms with Crippen molar-refractivity contribution in [3.63, 3.8) is 0 Å². The normalized spacial score (nSPS) is 26.7. The fourth-order valence-corrected chi connectivity index (χ4v) is 1.95. The number of carbonyl (C=O) groups is 1. The molecule has 88 valence electrons. The van der Waals surface area contributed by atoms with Crippen LogP contribution in [-0.2, 0) is 9.53 Å². The van der Waals surface area contributed by atoms with Crippen molar-refractivity contribution in [1.29, 1.82) is 0 Å². The standard InChI is InChI=1S/C12H22O3/c1-9(2)12(14)15-8-11-5-3-10(7-13)4-6-11/h9-11,13H,3-8H2,1-2H3. The first-order valence-corrected chi connectivity index (χ1v) is 5.91. The maximum Gasteiger partial charge on any atom is 0.308 e. The van der Waals surface area contributed by atoms with E-state index in [4.69, 9.17) is 9.84 Å². The molecule has 15 heavy (non-hydrogen) atoms. The maximum atomic E-state index is 11.2. The Bertz CT molecular complexity index is 193. The molecule has 0 aromatic rings. The van der Waals surface area contributed by atoms with Crippen molar-refractivity contribution in [3.05, 3.63) is 0 Å². The summed E-state index contributed by atoms with van der Waals surface area (Å²) >= 11 is 0. The summed E-state index contributed by atoms with van der Waals surface area (Å²) in [6.07, 6.45) is 4.30. The molecule has 0 aliphatic heterocycles. The monoisotopic (exact) mass is 214 g/mol. The van der Waals surface area contributed by atoms with E-state index in [0.717, 1.165) is 25.7 Å². The molecule has 0 spiro atoms. The number of ether oxygens (including phenoxy) is 1. The van der Waals surface area contributed by atoms with Crippen molar-refractivity contribution < 1.29 is 14.6 Å². The minimum absolute atomic E-state index is 0.0289. The molecule has 0 bridgehead atoms. The first-order valence-electron chi connectivity index (χ1n) is 5.91. The van der Waals surface area contributed by atoms with Gasteiger partial charge in [0.1, 0.15) is 0 Å². The minimum atomic E-state index is -0.0979. The van der Waals surface area contributed by atoms with Crippen LogP contribution in [0.3, 0.4) is 0 Å². The van der Waals surface area contributed by atoms with E-state index in [-0.39, 0.29) is 11.9 Å². The van der Waals surface area contributed by atoms with E-state index >= 15 is 0 Å². The van der Waals surface area contributed by atoms with Crippen molar-refractivity contribution in [1.82, 2.24) is 0 Å². The summed E-state index contributed by atoms with van der Waals surface area (Å²) in [6.45, 7) is 4.57. The second-order valence-corrected chi connectivity index (χ2v) is 4.85. The molecule has 1 aliphatic rings. The van der Waals surface area contributed by atoms with Gasteiger partial charge in [0, 0.05) is 6.61 Å². The number of carbonyl (C=O) groups excluding carboxylic acids is 1. The van der Waals surface area contributed by atoms with Crippen molar-refractivity contribution in [2.24, 2.45) is 17.8 Å². The molecule has 1 aliphatic carbocycles. The molecule has 0 saturated heterocycles. The Labute approximate surface area is 91.8 Å². The van der Waals surface area contributed by atoms with Crippen LogP contribution in [0, 0.1) is 17.8 Å². The summed E-state index contributed by atoms with van der Waals surface area (Å²) in [6, 6.07) is 0. The second-order valence-electron chi connectivity index (χ2n) is 4.85. The van der Waals surface area contributed by atoms with Crippen LogP contribution >= 0.6 is 0 Å². The van der Waals surface area contributed by atoms with Gasteiger partial charge in [-0.15, -0.1) is 0 Å². The van der Waals surface area contributed by atoms with Gasteiger partial charge in [-0.2, -0.15) is 0 Å². The quantitative estimate of drug-likeness (QED) is 0.728. The van der Waals surface area contributed by atoms with Crippen molar-refractivity contribution in [3.8, 4) is 0 Å². The Morgan fingerprint density at radius 3 is 2.27 bits per heavy atom. The highest BCUT2D eigenvalue weighted by molar-refractivity contribution is 5.71. The predicted octanol–water partition coefficient (Wildman–Crippen LogP) is 1.98. The third-order valence-electron chi connectivity index (χ3n) is 3.16. The van der Waals surface area contributed by atoms with Gasteiger partial charge in [0.15, 0.2) is 0 Å². The number of hydrogen-bond donors (Lipinski definition) is 1. The van der Waals surface area contributed by atoms with Gasteiger partial charge in [0.05, 0.1) is 12.5 Å². The lowest BCUT2D eigenvalue weighted by Gasteiger charge is -2.27. The highest BCUT2D eigenvalue weighted by Crippen LogP contribution is 2.28. The highest BCUT2D eigenvalue weighted by atomic mass is 16.5. The molecular formula is C12H22O3. The molecule has 1 N–H and O–H groups in total. The van der Waals surface area contributed by atoms with E-state index in [1.54, 1.807) is 0 Å². The molecule has 1 fully saturated rings. The van der Waals surface area contributed by atoms with Gasteiger partial charge in [-0.05, 0) is 37.5 Å². The second kappa shape index (κ2) is 6.11. The van der Waals surface area contributed by atoms with E-state index in [2.05, 4.69) is 0 Å². The fourth-order valence-electron chi connectivity index (χ4n) is 1.95. The summed E-state index contributed by atoms with van der Waals surface area (Å²) < 4.78 is 5.21. The topological polar surface area (TPSA) is 46.5 Å². The number of aliphatic hydroxyl groups excluding tert-OH is 1. The molecule has 0 unspecified atom stereocenters. The molecule has 1 saturated carbocycles. The summed E-state index contributed by atoms with van der Waals surface area (Å²) in [7, 11) is 0. The molecule has 3 nitrogen and oxygen atoms in total. The van der Waals surface area contributed by atoms with Crippen LogP contribution in [-0.4, -0.2) is 24.3 Å². The van der Waals surface area contributed by atoms with Crippen LogP contribution in [0.15, 0.2) is 0 Å². The van der Waals surface area contributed by atoms with E-state index < -0.39 is 0 Å². The Morgan fingerprint density at radius 2 is 1.80 bits per heavy atom. The molecule has 3 heteroatoms. The lowest BCUT2D eigenvalue weighted by molar-refractivity contribution is -0.149. The van der Waals surface area contributed by atoms with Gasteiger partial charge in [-0.1, -0.05) is 13.8 Å². The molecule has 0 heterocycles. The summed E-state index contributed by atoms with van der Waals surface area (Å²) in [5, 5.41) is 8.98. The molecule has 0 radical (unpaired) electrons. The zero-order valence-corrected chi connectivity index (χ0v) is 9.74. The first kappa shape index (κ1) is 12.5. The van der Waals surface area contributed by atoms with Crippen LogP contribution in [0.1, 0.15) is 39.5 Å². The van der Waals surface area contributed by atoms with Crippen LogP contribution < -0.4 is 0 Å². The molecule has 1 rings (SSSR count). The maximum absolute atomic E-state index is 11.2. The van der Waals surface area contributed by atoms with Crippen LogP contribution in [0.4, 0.5) is 0 Å². The average molecular weight is 214 g/mol. The fraction of sp³-hybridized carbons (Fsp3) is 0.917. The average Bonchev–Trinajstić information content (AvgIpc) is 2.26. The van der Waals surface area contributed by atoms with Gasteiger partial charge in [0.2, 0.25) is 0 Å². The van der Waals surface area contributed by atoms with Gasteiger partial charge >= 0.3 is 5.97 Å². The van der Waals surface area contributed by atoms with Crippen LogP contribution in [0.5, 0.6) is 0 Å². The lowest BCUT2D eigenvalue weighted by atomic mass is 9.83. The van der Waals surface area contributed by atoms with Crippen LogP contribution in [0.2, 0.25) is 0 Å². The summed E-state index contributed by atoms with van der Waals surface area (Å²) in [4.78, 5) is 11.2. The largest absolute Gasteiger partial charge is 0.465 e. The Kier molecular flexibility index (Phi) is 5.09. The van der Waals surface area contributed by atoms with Gasteiger partial charge in [-0.25, -0.2) is 0 Å². The third kappa shape index (κ3) is 4.20. The third-order valence-corrected chi connectivity index (χ3v) is 3.16. The number of rotatable bonds is 4. The Morgan fingerprint density at radius 1 is 1.27 bits per heavy atom. The minimum Gasteiger partial charge on any atom is -0.465 e. The first-order chi connectivity index (χ1) is 7.13. The van der Waals surface area contributed by atoms with Gasteiger partial charge < -0.3 is 9.84 Å². The lowest BCUT2D eigenvalue weighted by Crippen LogP contribution is -2.23. The zero-order chi connectivity index (χ0) is 11.3. The Balaban J connectivity index is 2.16. The van der Waals surface area contributed by atoms with Gasteiger partial charge in [0.25, 0.3) is 0 Å². The zero-order valence-electron chi connectivity index (χ0n) is 9.74. The van der Waals surface area contributed by atoms with Crippen LogP contribution in [0.25, 0.3) is 0 Å². The number of esters is 1. The molecule has 0 aromatic heterocycles. The Hall–Kier alpha value is -0.570. The SMILES string of the molecule is CC(C)C(=O)OCC1CCC(CO)CC1. The molecule has 0 atom stereocenters. The highest BCUT2D eigenvalue weighted by Gasteiger charge is 2.22. The van der Waals surface area contributed by atoms with E-state index in [9.17, 15) is 4.79 Å². The van der Waals surface area contributed by atoms with E-state index in [1.807, 2.05) is 13.8 Å². The summed E-state index contributed by atoms with van der Waals surface area (Å²) in [5.74, 6) is 0.857. The molecule has 0 amide bonds. The van der Waals surface area contributed by atoms with Crippen molar-refractivity contribution in [2.45, 2.75) is 39.5 Å². The number of hydrogen-bond acceptors (Lipinski definition) is 3. The molecular weight excluding hydrogens is 192 g/mol. The summed E-state index contributed by atoms with van der Waals surface area (Å²) in [5.41, 5.74) is 0. The van der Waals surface area contributed by atoms with E-state index in [1.165, 1.54) is 0 Å².